The maximum Gasteiger partial charge on any atom is 0.472 e. The number of carbonyl (C=O) groups excluding carboxylic acids is 1. The number of phosphoric acid groups is 1. The Morgan fingerprint density at radius 1 is 0.617 bits per heavy atom. The molecule has 0 spiro atoms. The molecule has 3 unspecified atom stereocenters. The summed E-state index contributed by atoms with van der Waals surface area (Å²) in [6.45, 7) is 4.20. The molecule has 0 aromatic rings. The molecule has 0 saturated carbocycles. The third-order valence-electron chi connectivity index (χ3n) is 9.21. The van der Waals surface area contributed by atoms with Crippen molar-refractivity contribution in [2.45, 2.75) is 219 Å². The van der Waals surface area contributed by atoms with E-state index in [0.717, 1.165) is 38.5 Å². The van der Waals surface area contributed by atoms with Crippen LogP contribution in [0.4, 0.5) is 0 Å². The molecule has 282 valence electrons. The smallest absolute Gasteiger partial charge is 0.391 e. The summed E-state index contributed by atoms with van der Waals surface area (Å²) < 4.78 is 22.1. The minimum atomic E-state index is -4.30. The van der Waals surface area contributed by atoms with E-state index >= 15 is 0 Å². The topological polar surface area (TPSA) is 131 Å². The first-order valence-corrected chi connectivity index (χ1v) is 21.6. The molecule has 1 amide bonds. The standard InChI is InChI=1S/C38H79N2O6P/c1-3-5-7-9-11-13-15-16-17-18-19-20-21-22-24-26-28-30-32-38(42)40-36(35-46-47(43,44)45-34-33-39)37(41)31-29-27-25-23-14-12-10-8-6-4-2/h36-37,41H,3-35,39H2,1-2H3,(H,40,42)(H,43,44). The first-order valence-electron chi connectivity index (χ1n) is 20.2. The predicted octanol–water partition coefficient (Wildman–Crippen LogP) is 10.7. The molecule has 0 rings (SSSR count). The minimum absolute atomic E-state index is 0.0921. The molecule has 0 radical (unpaired) electrons. The van der Waals surface area contributed by atoms with Crippen LogP contribution in [0.15, 0.2) is 0 Å². The predicted molar refractivity (Wildman–Crippen MR) is 199 cm³/mol. The Morgan fingerprint density at radius 2 is 0.979 bits per heavy atom. The SMILES string of the molecule is CCCCCCCCCCCCCCCCCCCCC(=O)NC(COP(=O)(O)OCCN)C(O)CCCCCCCCCCCC. The average molecular weight is 691 g/mol. The zero-order chi connectivity index (χ0) is 34.7. The lowest BCUT2D eigenvalue weighted by molar-refractivity contribution is -0.123. The number of carbonyl (C=O) groups is 1. The van der Waals surface area contributed by atoms with E-state index in [0.29, 0.717) is 12.8 Å². The molecule has 0 saturated heterocycles. The number of aliphatic hydroxyl groups is 1. The molecule has 0 aliphatic heterocycles. The molecule has 0 aromatic carbocycles. The van der Waals surface area contributed by atoms with E-state index in [1.165, 1.54) is 141 Å². The van der Waals surface area contributed by atoms with Gasteiger partial charge in [-0.3, -0.25) is 13.8 Å². The summed E-state index contributed by atoms with van der Waals surface area (Å²) in [6.07, 6.45) is 35.4. The van der Waals surface area contributed by atoms with Gasteiger partial charge in [0.15, 0.2) is 0 Å². The Balaban J connectivity index is 4.10. The van der Waals surface area contributed by atoms with Gasteiger partial charge in [0.05, 0.1) is 25.4 Å². The average Bonchev–Trinajstić information content (AvgIpc) is 3.05. The summed E-state index contributed by atoms with van der Waals surface area (Å²) in [4.78, 5) is 22.6. The summed E-state index contributed by atoms with van der Waals surface area (Å²) in [7, 11) is -4.30. The lowest BCUT2D eigenvalue weighted by Crippen LogP contribution is -2.46. The van der Waals surface area contributed by atoms with Gasteiger partial charge in [-0.15, -0.1) is 0 Å². The molecule has 47 heavy (non-hydrogen) atoms. The first-order chi connectivity index (χ1) is 22.9. The van der Waals surface area contributed by atoms with Crippen molar-refractivity contribution in [2.75, 3.05) is 19.8 Å². The van der Waals surface area contributed by atoms with Crippen LogP contribution in [0, 0.1) is 0 Å². The fourth-order valence-corrected chi connectivity index (χ4v) is 6.90. The van der Waals surface area contributed by atoms with Crippen LogP contribution in [0.2, 0.25) is 0 Å². The summed E-state index contributed by atoms with van der Waals surface area (Å²) in [5, 5.41) is 13.7. The van der Waals surface area contributed by atoms with Crippen molar-refractivity contribution in [1.29, 1.82) is 0 Å². The van der Waals surface area contributed by atoms with E-state index in [1.807, 2.05) is 0 Å². The third-order valence-corrected chi connectivity index (χ3v) is 10.2. The van der Waals surface area contributed by atoms with Crippen molar-refractivity contribution < 1.29 is 28.4 Å². The van der Waals surface area contributed by atoms with Gasteiger partial charge >= 0.3 is 7.82 Å². The zero-order valence-electron chi connectivity index (χ0n) is 31.0. The Labute approximate surface area is 291 Å². The fraction of sp³-hybridized carbons (Fsp3) is 0.974. The van der Waals surface area contributed by atoms with E-state index in [4.69, 9.17) is 14.8 Å². The normalized spacial score (nSPS) is 14.2. The highest BCUT2D eigenvalue weighted by atomic mass is 31.2. The molecule has 3 atom stereocenters. The maximum atomic E-state index is 12.7. The molecule has 0 aliphatic rings. The van der Waals surface area contributed by atoms with Crippen LogP contribution in [-0.2, 0) is 18.4 Å². The van der Waals surface area contributed by atoms with Crippen molar-refractivity contribution in [3.05, 3.63) is 0 Å². The number of hydrogen-bond acceptors (Lipinski definition) is 6. The monoisotopic (exact) mass is 691 g/mol. The quantitative estimate of drug-likeness (QED) is 0.0374. The molecule has 0 heterocycles. The second kappa shape index (κ2) is 35.3. The number of phosphoric ester groups is 1. The minimum Gasteiger partial charge on any atom is -0.391 e. The van der Waals surface area contributed by atoms with E-state index in [-0.39, 0.29) is 25.7 Å². The highest BCUT2D eigenvalue weighted by Crippen LogP contribution is 2.43. The van der Waals surface area contributed by atoms with Gasteiger partial charge in [-0.05, 0) is 12.8 Å². The molecule has 0 aromatic heterocycles. The molecule has 5 N–H and O–H groups in total. The van der Waals surface area contributed by atoms with Gasteiger partial charge in [0.2, 0.25) is 5.91 Å². The summed E-state index contributed by atoms with van der Waals surface area (Å²) in [5.41, 5.74) is 5.36. The van der Waals surface area contributed by atoms with E-state index in [2.05, 4.69) is 19.2 Å². The molecular weight excluding hydrogens is 611 g/mol. The number of unbranched alkanes of at least 4 members (excludes halogenated alkanes) is 26. The van der Waals surface area contributed by atoms with E-state index < -0.39 is 20.0 Å². The molecule has 0 fully saturated rings. The summed E-state index contributed by atoms with van der Waals surface area (Å²) in [5.74, 6) is -0.159. The summed E-state index contributed by atoms with van der Waals surface area (Å²) in [6, 6.07) is -0.765. The van der Waals surface area contributed by atoms with Gasteiger partial charge in [0, 0.05) is 13.0 Å². The Morgan fingerprint density at radius 3 is 1.36 bits per heavy atom. The van der Waals surface area contributed by atoms with Gasteiger partial charge in [0.25, 0.3) is 0 Å². The molecule has 8 nitrogen and oxygen atoms in total. The highest BCUT2D eigenvalue weighted by Gasteiger charge is 2.27. The van der Waals surface area contributed by atoms with Crippen molar-refractivity contribution in [3.63, 3.8) is 0 Å². The van der Waals surface area contributed by atoms with Gasteiger partial charge in [-0.2, -0.15) is 0 Å². The fourth-order valence-electron chi connectivity index (χ4n) is 6.14. The number of nitrogens with two attached hydrogens (primary N) is 1. The van der Waals surface area contributed by atoms with Gasteiger partial charge in [-0.1, -0.05) is 187 Å². The number of nitrogens with one attached hydrogen (secondary N) is 1. The Kier molecular flexibility index (Phi) is 35.0. The highest BCUT2D eigenvalue weighted by molar-refractivity contribution is 7.47. The lowest BCUT2D eigenvalue weighted by Gasteiger charge is -2.25. The third kappa shape index (κ3) is 33.8. The van der Waals surface area contributed by atoms with Gasteiger partial charge in [-0.25, -0.2) is 4.57 Å². The first kappa shape index (κ1) is 46.5. The largest absolute Gasteiger partial charge is 0.472 e. The van der Waals surface area contributed by atoms with Crippen molar-refractivity contribution in [1.82, 2.24) is 5.32 Å². The van der Waals surface area contributed by atoms with Crippen LogP contribution in [0.5, 0.6) is 0 Å². The van der Waals surface area contributed by atoms with Crippen molar-refractivity contribution >= 4 is 13.7 Å². The number of hydrogen-bond donors (Lipinski definition) is 4. The summed E-state index contributed by atoms with van der Waals surface area (Å²) >= 11 is 0. The molecule has 9 heteroatoms. The van der Waals surface area contributed by atoms with E-state index in [9.17, 15) is 19.4 Å². The number of rotatable bonds is 38. The van der Waals surface area contributed by atoms with Crippen LogP contribution in [0.25, 0.3) is 0 Å². The lowest BCUT2D eigenvalue weighted by atomic mass is 10.0. The van der Waals surface area contributed by atoms with Crippen LogP contribution in [0.3, 0.4) is 0 Å². The van der Waals surface area contributed by atoms with Gasteiger partial charge in [0.1, 0.15) is 0 Å². The number of amides is 1. The zero-order valence-corrected chi connectivity index (χ0v) is 31.9. The van der Waals surface area contributed by atoms with Crippen LogP contribution >= 0.6 is 7.82 Å². The van der Waals surface area contributed by atoms with E-state index in [1.54, 1.807) is 0 Å². The van der Waals surface area contributed by atoms with Crippen LogP contribution in [0.1, 0.15) is 206 Å². The second-order valence-corrected chi connectivity index (χ2v) is 15.3. The number of aliphatic hydroxyl groups excluding tert-OH is 1. The van der Waals surface area contributed by atoms with Gasteiger partial charge < -0.3 is 21.1 Å². The van der Waals surface area contributed by atoms with Crippen LogP contribution < -0.4 is 11.1 Å². The second-order valence-electron chi connectivity index (χ2n) is 13.9. The molecular formula is C38H79N2O6P. The van der Waals surface area contributed by atoms with Crippen LogP contribution in [-0.4, -0.2) is 47.8 Å². The maximum absolute atomic E-state index is 12.7. The Hall–Kier alpha value is -0.500. The van der Waals surface area contributed by atoms with Crippen molar-refractivity contribution in [2.24, 2.45) is 5.73 Å². The molecule has 0 bridgehead atoms. The Bertz CT molecular complexity index is 714. The molecule has 0 aliphatic carbocycles. The van der Waals surface area contributed by atoms with Crippen molar-refractivity contribution in [3.8, 4) is 0 Å².